The van der Waals surface area contributed by atoms with Crippen molar-refractivity contribution in [3.8, 4) is 17.2 Å². The number of hydrogen-bond donors (Lipinski definition) is 1. The molecule has 0 spiro atoms. The predicted molar refractivity (Wildman–Crippen MR) is 106 cm³/mol. The second-order valence-corrected chi connectivity index (χ2v) is 7.68. The van der Waals surface area contributed by atoms with Gasteiger partial charge in [0.15, 0.2) is 5.75 Å². The van der Waals surface area contributed by atoms with Gasteiger partial charge in [-0.1, -0.05) is 29.8 Å². The molecule has 0 radical (unpaired) electrons. The molecule has 0 aromatic heterocycles. The first kappa shape index (κ1) is 19.1. The maximum Gasteiger partial charge on any atom is 0.262 e. The van der Waals surface area contributed by atoms with E-state index in [2.05, 4.69) is 4.72 Å². The average Bonchev–Trinajstić information content (AvgIpc) is 2.65. The van der Waals surface area contributed by atoms with Gasteiger partial charge in [-0.3, -0.25) is 4.72 Å². The van der Waals surface area contributed by atoms with Gasteiger partial charge in [0.2, 0.25) is 0 Å². The summed E-state index contributed by atoms with van der Waals surface area (Å²) in [6.07, 6.45) is 0. The third kappa shape index (κ3) is 4.93. The van der Waals surface area contributed by atoms with Crippen molar-refractivity contribution in [1.82, 2.24) is 0 Å². The molecule has 5 nitrogen and oxygen atoms in total. The van der Waals surface area contributed by atoms with Gasteiger partial charge in [-0.2, -0.15) is 0 Å². The molecule has 0 aliphatic carbocycles. The van der Waals surface area contributed by atoms with Crippen LogP contribution in [-0.2, 0) is 10.0 Å². The van der Waals surface area contributed by atoms with Crippen molar-refractivity contribution in [1.29, 1.82) is 0 Å². The van der Waals surface area contributed by atoms with Crippen molar-refractivity contribution in [2.24, 2.45) is 0 Å². The fourth-order valence-corrected chi connectivity index (χ4v) is 3.61. The van der Waals surface area contributed by atoms with E-state index in [1.54, 1.807) is 36.4 Å². The van der Waals surface area contributed by atoms with E-state index in [0.29, 0.717) is 28.9 Å². The zero-order chi connectivity index (χ0) is 19.3. The number of para-hydroxylation sites is 1. The van der Waals surface area contributed by atoms with Gasteiger partial charge in [-0.25, -0.2) is 8.42 Å². The highest BCUT2D eigenvalue weighted by molar-refractivity contribution is 7.92. The van der Waals surface area contributed by atoms with E-state index in [4.69, 9.17) is 21.1 Å². The molecule has 0 unspecified atom stereocenters. The number of benzene rings is 3. The number of nitrogens with one attached hydrogen (secondary N) is 1. The number of rotatable bonds is 7. The number of sulfonamides is 1. The van der Waals surface area contributed by atoms with Gasteiger partial charge in [-0.15, -0.1) is 0 Å². The molecule has 0 saturated carbocycles. The highest BCUT2D eigenvalue weighted by atomic mass is 35.5. The summed E-state index contributed by atoms with van der Waals surface area (Å²) in [6.45, 7) is 2.37. The standard InChI is InChI=1S/C20H18ClNO4S/c1-2-25-16-9-11-18(12-10-16)27(23,24)22-19-14-15(21)8-13-20(19)26-17-6-4-3-5-7-17/h3-14,22H,2H2,1H3. The smallest absolute Gasteiger partial charge is 0.262 e. The normalized spacial score (nSPS) is 11.0. The highest BCUT2D eigenvalue weighted by Crippen LogP contribution is 2.33. The SMILES string of the molecule is CCOc1ccc(S(=O)(=O)Nc2cc(Cl)ccc2Oc2ccccc2)cc1. The van der Waals surface area contributed by atoms with Crippen LogP contribution in [0.2, 0.25) is 5.02 Å². The van der Waals surface area contributed by atoms with Crippen LogP contribution < -0.4 is 14.2 Å². The van der Waals surface area contributed by atoms with Gasteiger partial charge in [0.1, 0.15) is 11.5 Å². The number of ether oxygens (including phenoxy) is 2. The molecular weight excluding hydrogens is 386 g/mol. The molecule has 3 rings (SSSR count). The number of halogens is 1. The van der Waals surface area contributed by atoms with Crippen molar-refractivity contribution >= 4 is 27.3 Å². The Kier molecular flexibility index (Phi) is 5.88. The molecule has 0 aliphatic rings. The van der Waals surface area contributed by atoms with Crippen LogP contribution in [0, 0.1) is 0 Å². The van der Waals surface area contributed by atoms with E-state index in [9.17, 15) is 8.42 Å². The molecular formula is C20H18ClNO4S. The topological polar surface area (TPSA) is 64.6 Å². The molecule has 140 valence electrons. The van der Waals surface area contributed by atoms with E-state index in [1.165, 1.54) is 18.2 Å². The lowest BCUT2D eigenvalue weighted by atomic mass is 10.3. The first-order chi connectivity index (χ1) is 13.0. The molecule has 7 heteroatoms. The van der Waals surface area contributed by atoms with Crippen LogP contribution in [0.15, 0.2) is 77.7 Å². The van der Waals surface area contributed by atoms with Crippen LogP contribution in [0.25, 0.3) is 0 Å². The zero-order valence-corrected chi connectivity index (χ0v) is 16.1. The number of anilines is 1. The molecule has 0 fully saturated rings. The molecule has 1 N–H and O–H groups in total. The monoisotopic (exact) mass is 403 g/mol. The highest BCUT2D eigenvalue weighted by Gasteiger charge is 2.17. The first-order valence-electron chi connectivity index (χ1n) is 8.26. The van der Waals surface area contributed by atoms with E-state index < -0.39 is 10.0 Å². The van der Waals surface area contributed by atoms with Crippen LogP contribution in [-0.4, -0.2) is 15.0 Å². The Hall–Kier alpha value is -2.70. The van der Waals surface area contributed by atoms with Crippen molar-refractivity contribution < 1.29 is 17.9 Å². The van der Waals surface area contributed by atoms with Crippen molar-refractivity contribution in [3.05, 3.63) is 77.8 Å². The van der Waals surface area contributed by atoms with Crippen molar-refractivity contribution in [2.75, 3.05) is 11.3 Å². The lowest BCUT2D eigenvalue weighted by Gasteiger charge is -2.14. The first-order valence-corrected chi connectivity index (χ1v) is 10.1. The Morgan fingerprint density at radius 1 is 0.926 bits per heavy atom. The van der Waals surface area contributed by atoms with Crippen LogP contribution in [0.5, 0.6) is 17.2 Å². The lowest BCUT2D eigenvalue weighted by Crippen LogP contribution is -2.13. The third-order valence-corrected chi connectivity index (χ3v) is 5.22. The quantitative estimate of drug-likeness (QED) is 0.578. The lowest BCUT2D eigenvalue weighted by molar-refractivity contribution is 0.340. The average molecular weight is 404 g/mol. The minimum absolute atomic E-state index is 0.108. The summed E-state index contributed by atoms with van der Waals surface area (Å²) in [5, 5.41) is 0.389. The summed E-state index contributed by atoms with van der Waals surface area (Å²) in [5.41, 5.74) is 0.250. The minimum atomic E-state index is -3.82. The van der Waals surface area contributed by atoms with Crippen LogP contribution >= 0.6 is 11.6 Å². The van der Waals surface area contributed by atoms with Gasteiger partial charge in [0, 0.05) is 5.02 Å². The third-order valence-electron chi connectivity index (χ3n) is 3.60. The van der Waals surface area contributed by atoms with E-state index in [-0.39, 0.29) is 10.6 Å². The molecule has 0 atom stereocenters. The molecule has 0 heterocycles. The maximum absolute atomic E-state index is 12.7. The fourth-order valence-electron chi connectivity index (χ4n) is 2.37. The van der Waals surface area contributed by atoms with Gasteiger partial charge in [-0.05, 0) is 61.5 Å². The summed E-state index contributed by atoms with van der Waals surface area (Å²) in [4.78, 5) is 0.108. The summed E-state index contributed by atoms with van der Waals surface area (Å²) >= 11 is 6.04. The van der Waals surface area contributed by atoms with Gasteiger partial charge in [0.05, 0.1) is 17.2 Å². The molecule has 0 bridgehead atoms. The largest absolute Gasteiger partial charge is 0.494 e. The molecule has 0 saturated heterocycles. The van der Waals surface area contributed by atoms with E-state index >= 15 is 0 Å². The molecule has 0 aliphatic heterocycles. The summed E-state index contributed by atoms with van der Waals surface area (Å²) in [6, 6.07) is 20.0. The Balaban J connectivity index is 1.88. The van der Waals surface area contributed by atoms with Crippen LogP contribution in [0.3, 0.4) is 0 Å². The summed E-state index contributed by atoms with van der Waals surface area (Å²) < 4.78 is 39.1. The van der Waals surface area contributed by atoms with E-state index in [1.807, 2.05) is 25.1 Å². The molecule has 3 aromatic rings. The number of hydrogen-bond acceptors (Lipinski definition) is 4. The molecule has 3 aromatic carbocycles. The second-order valence-electron chi connectivity index (χ2n) is 5.57. The van der Waals surface area contributed by atoms with Crippen molar-refractivity contribution in [3.63, 3.8) is 0 Å². The van der Waals surface area contributed by atoms with Gasteiger partial charge < -0.3 is 9.47 Å². The summed E-state index contributed by atoms with van der Waals surface area (Å²) in [7, 11) is -3.82. The molecule has 27 heavy (non-hydrogen) atoms. The Bertz CT molecular complexity index is 1010. The zero-order valence-electron chi connectivity index (χ0n) is 14.6. The summed E-state index contributed by atoms with van der Waals surface area (Å²) in [5.74, 6) is 1.54. The fraction of sp³-hybridized carbons (Fsp3) is 0.100. The van der Waals surface area contributed by atoms with Crippen LogP contribution in [0.4, 0.5) is 5.69 Å². The van der Waals surface area contributed by atoms with Crippen LogP contribution in [0.1, 0.15) is 6.92 Å². The predicted octanol–water partition coefficient (Wildman–Crippen LogP) is 5.33. The maximum atomic E-state index is 12.7. The second kappa shape index (κ2) is 8.33. The minimum Gasteiger partial charge on any atom is -0.494 e. The van der Waals surface area contributed by atoms with E-state index in [0.717, 1.165) is 0 Å². The molecule has 0 amide bonds. The van der Waals surface area contributed by atoms with Gasteiger partial charge >= 0.3 is 0 Å². The Morgan fingerprint density at radius 2 is 1.63 bits per heavy atom. The Labute approximate surface area is 163 Å². The van der Waals surface area contributed by atoms with Crippen molar-refractivity contribution in [2.45, 2.75) is 11.8 Å². The van der Waals surface area contributed by atoms with Gasteiger partial charge in [0.25, 0.3) is 10.0 Å². The Morgan fingerprint density at radius 3 is 2.30 bits per heavy atom.